The van der Waals surface area contributed by atoms with Crippen molar-refractivity contribution in [3.05, 3.63) is 39.5 Å². The van der Waals surface area contributed by atoms with Crippen LogP contribution in [0.15, 0.2) is 34.5 Å². The van der Waals surface area contributed by atoms with Crippen LogP contribution in [0.1, 0.15) is 18.0 Å². The molecule has 1 unspecified atom stereocenters. The molecular weight excluding hydrogens is 202 g/mol. The van der Waals surface area contributed by atoms with E-state index in [0.29, 0.717) is 0 Å². The van der Waals surface area contributed by atoms with E-state index in [-0.39, 0.29) is 0 Å². The van der Waals surface area contributed by atoms with Crippen molar-refractivity contribution >= 4 is 22.7 Å². The molecule has 2 aromatic rings. The average molecular weight is 213 g/mol. The minimum Gasteiger partial charge on any atom is -0.386 e. The molecule has 2 heterocycles. The largest absolute Gasteiger partial charge is 0.386 e. The lowest BCUT2D eigenvalue weighted by Gasteiger charge is -1.93. The molecule has 0 fully saturated rings. The van der Waals surface area contributed by atoms with Crippen LogP contribution in [0, 0.1) is 0 Å². The zero-order valence-electron chi connectivity index (χ0n) is 7.25. The molecule has 0 saturated heterocycles. The number of thiazole rings is 1. The molecule has 0 aliphatic heterocycles. The second-order valence-corrected chi connectivity index (χ2v) is 4.08. The molecule has 0 spiro atoms. The molecule has 1 N–H and O–H groups in total. The van der Waals surface area contributed by atoms with Crippen molar-refractivity contribution in [2.75, 3.05) is 0 Å². The fourth-order valence-electron chi connectivity index (χ4n) is 0.668. The van der Waals surface area contributed by atoms with Crippen LogP contribution < -0.4 is 0 Å². The minimum atomic E-state index is -0.407. The molecule has 70 valence electrons. The fourth-order valence-corrected chi connectivity index (χ4v) is 1.70. The molecule has 0 aliphatic rings. The van der Waals surface area contributed by atoms with Gasteiger partial charge in [0.05, 0.1) is 0 Å². The zero-order chi connectivity index (χ0) is 9.52. The molecular formula is C9H11NOS2. The number of thiophene rings is 1. The van der Waals surface area contributed by atoms with Crippen molar-refractivity contribution in [3.63, 3.8) is 0 Å². The SMILES string of the molecule is CC(O)c1nccs1.c1ccsc1. The highest BCUT2D eigenvalue weighted by Gasteiger charge is 1.99. The van der Waals surface area contributed by atoms with E-state index in [4.69, 9.17) is 5.11 Å². The Hall–Kier alpha value is -0.710. The van der Waals surface area contributed by atoms with Crippen molar-refractivity contribution in [1.82, 2.24) is 4.98 Å². The monoisotopic (exact) mass is 213 g/mol. The first-order valence-electron chi connectivity index (χ1n) is 3.85. The maximum Gasteiger partial charge on any atom is 0.121 e. The predicted octanol–water partition coefficient (Wildman–Crippen LogP) is 2.94. The first kappa shape index (κ1) is 10.4. The van der Waals surface area contributed by atoms with Gasteiger partial charge in [0.1, 0.15) is 11.1 Å². The van der Waals surface area contributed by atoms with Crippen LogP contribution in [0.4, 0.5) is 0 Å². The van der Waals surface area contributed by atoms with Crippen molar-refractivity contribution in [2.45, 2.75) is 13.0 Å². The lowest BCUT2D eigenvalue weighted by molar-refractivity contribution is 0.199. The van der Waals surface area contributed by atoms with Gasteiger partial charge in [0.15, 0.2) is 0 Å². The second kappa shape index (κ2) is 5.85. The van der Waals surface area contributed by atoms with Gasteiger partial charge in [-0.1, -0.05) is 12.1 Å². The van der Waals surface area contributed by atoms with Gasteiger partial charge in [0.2, 0.25) is 0 Å². The maximum atomic E-state index is 8.86. The minimum absolute atomic E-state index is 0.407. The summed E-state index contributed by atoms with van der Waals surface area (Å²) in [5.74, 6) is 0. The Labute approximate surface area is 85.5 Å². The van der Waals surface area contributed by atoms with Crippen LogP contribution in [0.5, 0.6) is 0 Å². The number of nitrogens with zero attached hydrogens (tertiary/aromatic N) is 1. The summed E-state index contributed by atoms with van der Waals surface area (Å²) in [4.78, 5) is 3.88. The van der Waals surface area contributed by atoms with Crippen molar-refractivity contribution in [3.8, 4) is 0 Å². The molecule has 2 aromatic heterocycles. The Kier molecular flexibility index (Phi) is 4.67. The van der Waals surface area contributed by atoms with E-state index < -0.39 is 6.10 Å². The molecule has 2 nitrogen and oxygen atoms in total. The van der Waals surface area contributed by atoms with Gasteiger partial charge in [0, 0.05) is 11.6 Å². The van der Waals surface area contributed by atoms with Gasteiger partial charge in [-0.3, -0.25) is 0 Å². The normalized spacial score (nSPS) is 11.5. The second-order valence-electron chi connectivity index (χ2n) is 2.34. The fraction of sp³-hybridized carbons (Fsp3) is 0.222. The van der Waals surface area contributed by atoms with Gasteiger partial charge in [-0.15, -0.1) is 11.3 Å². The Bertz CT molecular complexity index is 272. The third kappa shape index (κ3) is 4.17. The molecule has 0 amide bonds. The Morgan fingerprint density at radius 1 is 1.31 bits per heavy atom. The summed E-state index contributed by atoms with van der Waals surface area (Å²) in [6.45, 7) is 1.71. The van der Waals surface area contributed by atoms with Crippen molar-refractivity contribution < 1.29 is 5.11 Å². The number of aliphatic hydroxyl groups is 1. The Balaban J connectivity index is 0.000000145. The maximum absolute atomic E-state index is 8.86. The number of rotatable bonds is 1. The first-order chi connectivity index (χ1) is 6.30. The summed E-state index contributed by atoms with van der Waals surface area (Å²) in [6, 6.07) is 4.04. The molecule has 0 aromatic carbocycles. The van der Waals surface area contributed by atoms with E-state index >= 15 is 0 Å². The van der Waals surface area contributed by atoms with Crippen LogP contribution in [0.2, 0.25) is 0 Å². The molecule has 0 bridgehead atoms. The summed E-state index contributed by atoms with van der Waals surface area (Å²) in [5, 5.41) is 15.6. The van der Waals surface area contributed by atoms with E-state index in [0.717, 1.165) is 5.01 Å². The highest BCUT2D eigenvalue weighted by molar-refractivity contribution is 7.09. The standard InChI is InChI=1S/C5H7NOS.C4H4S/c1-4(7)5-6-2-3-8-5;1-2-4-5-3-1/h2-4,7H,1H3;1-4H. The summed E-state index contributed by atoms with van der Waals surface area (Å²) in [6.07, 6.45) is 1.28. The van der Waals surface area contributed by atoms with Gasteiger partial charge >= 0.3 is 0 Å². The van der Waals surface area contributed by atoms with Gasteiger partial charge in [-0.05, 0) is 17.7 Å². The Morgan fingerprint density at radius 2 is 2.00 bits per heavy atom. The van der Waals surface area contributed by atoms with Crippen LogP contribution in [0.3, 0.4) is 0 Å². The number of aliphatic hydroxyl groups excluding tert-OH is 1. The van der Waals surface area contributed by atoms with Crippen molar-refractivity contribution in [2.24, 2.45) is 0 Å². The third-order valence-corrected chi connectivity index (χ3v) is 2.81. The van der Waals surface area contributed by atoms with Gasteiger partial charge < -0.3 is 5.11 Å². The summed E-state index contributed by atoms with van der Waals surface area (Å²) in [5.41, 5.74) is 0. The summed E-state index contributed by atoms with van der Waals surface area (Å²) in [7, 11) is 0. The van der Waals surface area contributed by atoms with E-state index in [9.17, 15) is 0 Å². The third-order valence-electron chi connectivity index (χ3n) is 1.23. The molecule has 0 saturated carbocycles. The van der Waals surface area contributed by atoms with Crippen LogP contribution in [-0.4, -0.2) is 10.1 Å². The lowest BCUT2D eigenvalue weighted by Crippen LogP contribution is -1.86. The topological polar surface area (TPSA) is 33.1 Å². The quantitative estimate of drug-likeness (QED) is 0.790. The molecule has 2 rings (SSSR count). The van der Waals surface area contributed by atoms with Crippen LogP contribution in [0.25, 0.3) is 0 Å². The lowest BCUT2D eigenvalue weighted by atomic mass is 10.4. The summed E-state index contributed by atoms with van der Waals surface area (Å²) < 4.78 is 0. The molecule has 1 atom stereocenters. The summed E-state index contributed by atoms with van der Waals surface area (Å²) >= 11 is 3.18. The van der Waals surface area contributed by atoms with Gasteiger partial charge in [-0.2, -0.15) is 11.3 Å². The Morgan fingerprint density at radius 3 is 2.23 bits per heavy atom. The first-order valence-corrected chi connectivity index (χ1v) is 5.67. The van der Waals surface area contributed by atoms with E-state index in [1.165, 1.54) is 11.3 Å². The highest BCUT2D eigenvalue weighted by Crippen LogP contribution is 2.12. The smallest absolute Gasteiger partial charge is 0.121 e. The highest BCUT2D eigenvalue weighted by atomic mass is 32.1. The number of hydrogen-bond donors (Lipinski definition) is 1. The van der Waals surface area contributed by atoms with Crippen LogP contribution >= 0.6 is 22.7 Å². The molecule has 0 radical (unpaired) electrons. The van der Waals surface area contributed by atoms with E-state index in [1.54, 1.807) is 24.5 Å². The average Bonchev–Trinajstić information content (AvgIpc) is 2.82. The number of hydrogen-bond acceptors (Lipinski definition) is 4. The van der Waals surface area contributed by atoms with Gasteiger partial charge in [0.25, 0.3) is 0 Å². The van der Waals surface area contributed by atoms with Crippen molar-refractivity contribution in [1.29, 1.82) is 0 Å². The predicted molar refractivity (Wildman–Crippen MR) is 57.1 cm³/mol. The van der Waals surface area contributed by atoms with Crippen LogP contribution in [-0.2, 0) is 0 Å². The van der Waals surface area contributed by atoms with Gasteiger partial charge in [-0.25, -0.2) is 4.98 Å². The molecule has 4 heteroatoms. The number of aromatic nitrogens is 1. The van der Waals surface area contributed by atoms with E-state index in [1.807, 2.05) is 28.3 Å². The zero-order valence-corrected chi connectivity index (χ0v) is 8.89. The molecule has 0 aliphatic carbocycles. The van der Waals surface area contributed by atoms with E-state index in [2.05, 4.69) is 4.98 Å². The molecule has 13 heavy (non-hydrogen) atoms.